The van der Waals surface area contributed by atoms with E-state index in [9.17, 15) is 4.79 Å². The molecule has 0 saturated heterocycles. The Labute approximate surface area is 114 Å². The SMILES string of the molecule is CCCCc1ccc(C(=O)c2ccnc(C)c2)cc1. The van der Waals surface area contributed by atoms with Crippen molar-refractivity contribution in [2.45, 2.75) is 33.1 Å². The van der Waals surface area contributed by atoms with Crippen molar-refractivity contribution in [3.05, 3.63) is 65.0 Å². The summed E-state index contributed by atoms with van der Waals surface area (Å²) >= 11 is 0. The van der Waals surface area contributed by atoms with E-state index in [1.54, 1.807) is 12.3 Å². The fourth-order valence-electron chi connectivity index (χ4n) is 2.06. The number of aryl methyl sites for hydroxylation is 2. The quantitative estimate of drug-likeness (QED) is 0.755. The zero-order chi connectivity index (χ0) is 13.7. The highest BCUT2D eigenvalue weighted by molar-refractivity contribution is 6.08. The zero-order valence-corrected chi connectivity index (χ0v) is 11.5. The van der Waals surface area contributed by atoms with Crippen molar-refractivity contribution in [3.8, 4) is 0 Å². The molecule has 0 unspecified atom stereocenters. The smallest absolute Gasteiger partial charge is 0.193 e. The molecule has 0 spiro atoms. The Kier molecular flexibility index (Phi) is 4.45. The Morgan fingerprint density at radius 3 is 2.47 bits per heavy atom. The minimum Gasteiger partial charge on any atom is -0.289 e. The van der Waals surface area contributed by atoms with Gasteiger partial charge in [-0.1, -0.05) is 37.6 Å². The molecule has 0 aliphatic heterocycles. The Bertz CT molecular complexity index is 558. The van der Waals surface area contributed by atoms with Crippen LogP contribution in [0.2, 0.25) is 0 Å². The first-order valence-corrected chi connectivity index (χ1v) is 6.77. The molecule has 0 atom stereocenters. The molecule has 2 nitrogen and oxygen atoms in total. The number of ketones is 1. The molecule has 2 aromatic rings. The fraction of sp³-hybridized carbons (Fsp3) is 0.294. The van der Waals surface area contributed by atoms with Gasteiger partial charge in [0.2, 0.25) is 0 Å². The largest absolute Gasteiger partial charge is 0.289 e. The van der Waals surface area contributed by atoms with Gasteiger partial charge in [-0.05, 0) is 37.5 Å². The lowest BCUT2D eigenvalue weighted by molar-refractivity contribution is 0.103. The summed E-state index contributed by atoms with van der Waals surface area (Å²) in [5.74, 6) is 0.0625. The molecule has 0 amide bonds. The van der Waals surface area contributed by atoms with Crippen LogP contribution in [0.1, 0.15) is 46.9 Å². The molecule has 98 valence electrons. The third kappa shape index (κ3) is 3.50. The molecular formula is C17H19NO. The molecule has 1 aromatic carbocycles. The molecule has 0 fully saturated rings. The zero-order valence-electron chi connectivity index (χ0n) is 11.5. The van der Waals surface area contributed by atoms with Crippen molar-refractivity contribution in [1.29, 1.82) is 0 Å². The summed E-state index contributed by atoms with van der Waals surface area (Å²) in [5, 5.41) is 0. The maximum atomic E-state index is 12.3. The van der Waals surface area contributed by atoms with Crippen LogP contribution in [0.5, 0.6) is 0 Å². The van der Waals surface area contributed by atoms with Gasteiger partial charge < -0.3 is 0 Å². The van der Waals surface area contributed by atoms with Gasteiger partial charge in [-0.2, -0.15) is 0 Å². The molecule has 0 aliphatic rings. The second-order valence-electron chi connectivity index (χ2n) is 4.82. The summed E-state index contributed by atoms with van der Waals surface area (Å²) in [6, 6.07) is 11.5. The van der Waals surface area contributed by atoms with E-state index < -0.39 is 0 Å². The van der Waals surface area contributed by atoms with E-state index in [-0.39, 0.29) is 5.78 Å². The number of carbonyl (C=O) groups excluding carboxylic acids is 1. The Morgan fingerprint density at radius 2 is 1.84 bits per heavy atom. The summed E-state index contributed by atoms with van der Waals surface area (Å²) in [7, 11) is 0. The molecule has 1 aromatic heterocycles. The number of rotatable bonds is 5. The van der Waals surface area contributed by atoms with E-state index >= 15 is 0 Å². The second-order valence-corrected chi connectivity index (χ2v) is 4.82. The first kappa shape index (κ1) is 13.5. The lowest BCUT2D eigenvalue weighted by Gasteiger charge is -2.04. The number of nitrogens with zero attached hydrogens (tertiary/aromatic N) is 1. The van der Waals surface area contributed by atoms with Gasteiger partial charge >= 0.3 is 0 Å². The predicted molar refractivity (Wildman–Crippen MR) is 77.5 cm³/mol. The van der Waals surface area contributed by atoms with Gasteiger partial charge in [-0.15, -0.1) is 0 Å². The molecule has 2 heteroatoms. The average Bonchev–Trinajstić information content (AvgIpc) is 2.45. The Hall–Kier alpha value is -1.96. The van der Waals surface area contributed by atoms with Gasteiger partial charge in [0.15, 0.2) is 5.78 Å². The molecule has 2 rings (SSSR count). The summed E-state index contributed by atoms with van der Waals surface area (Å²) in [4.78, 5) is 16.4. The van der Waals surface area contributed by atoms with Crippen LogP contribution in [0.15, 0.2) is 42.6 Å². The van der Waals surface area contributed by atoms with Crippen LogP contribution >= 0.6 is 0 Å². The average molecular weight is 253 g/mol. The van der Waals surface area contributed by atoms with E-state index in [1.165, 1.54) is 18.4 Å². The number of hydrogen-bond acceptors (Lipinski definition) is 2. The van der Waals surface area contributed by atoms with Gasteiger partial charge in [0.05, 0.1) is 0 Å². The van der Waals surface area contributed by atoms with Crippen molar-refractivity contribution in [2.75, 3.05) is 0 Å². The van der Waals surface area contributed by atoms with E-state index in [0.717, 1.165) is 17.7 Å². The Balaban J connectivity index is 2.15. The van der Waals surface area contributed by atoms with Crippen LogP contribution in [-0.4, -0.2) is 10.8 Å². The van der Waals surface area contributed by atoms with Gasteiger partial charge in [-0.25, -0.2) is 0 Å². The standard InChI is InChI=1S/C17H19NO/c1-3-4-5-14-6-8-15(9-7-14)17(19)16-10-11-18-13(2)12-16/h6-12H,3-5H2,1-2H3. The topological polar surface area (TPSA) is 30.0 Å². The number of unbranched alkanes of at least 4 members (excludes halogenated alkanes) is 1. The van der Waals surface area contributed by atoms with Crippen molar-refractivity contribution in [1.82, 2.24) is 4.98 Å². The summed E-state index contributed by atoms with van der Waals surface area (Å²) in [6.45, 7) is 4.08. The van der Waals surface area contributed by atoms with Crippen molar-refractivity contribution >= 4 is 5.78 Å². The van der Waals surface area contributed by atoms with Crippen molar-refractivity contribution in [3.63, 3.8) is 0 Å². The summed E-state index contributed by atoms with van der Waals surface area (Å²) < 4.78 is 0. The number of hydrogen-bond donors (Lipinski definition) is 0. The monoisotopic (exact) mass is 253 g/mol. The molecular weight excluding hydrogens is 234 g/mol. The van der Waals surface area contributed by atoms with Crippen LogP contribution in [0.3, 0.4) is 0 Å². The van der Waals surface area contributed by atoms with Gasteiger partial charge in [0.25, 0.3) is 0 Å². The normalized spacial score (nSPS) is 10.4. The maximum Gasteiger partial charge on any atom is 0.193 e. The third-order valence-electron chi connectivity index (χ3n) is 3.19. The fourth-order valence-corrected chi connectivity index (χ4v) is 2.06. The first-order valence-electron chi connectivity index (χ1n) is 6.77. The number of aromatic nitrogens is 1. The number of carbonyl (C=O) groups is 1. The van der Waals surface area contributed by atoms with Gasteiger partial charge in [-0.3, -0.25) is 9.78 Å². The lowest BCUT2D eigenvalue weighted by Crippen LogP contribution is -2.02. The predicted octanol–water partition coefficient (Wildman–Crippen LogP) is 3.96. The van der Waals surface area contributed by atoms with Gasteiger partial charge in [0.1, 0.15) is 0 Å². The molecule has 0 aliphatic carbocycles. The molecule has 0 N–H and O–H groups in total. The second kappa shape index (κ2) is 6.28. The number of benzene rings is 1. The summed E-state index contributed by atoms with van der Waals surface area (Å²) in [6.07, 6.45) is 5.14. The third-order valence-corrected chi connectivity index (χ3v) is 3.19. The maximum absolute atomic E-state index is 12.3. The minimum absolute atomic E-state index is 0.0625. The van der Waals surface area contributed by atoms with E-state index in [4.69, 9.17) is 0 Å². The van der Waals surface area contributed by atoms with Crippen LogP contribution in [-0.2, 0) is 6.42 Å². The van der Waals surface area contributed by atoms with Crippen molar-refractivity contribution < 1.29 is 4.79 Å². The molecule has 19 heavy (non-hydrogen) atoms. The number of pyridine rings is 1. The highest BCUT2D eigenvalue weighted by Crippen LogP contribution is 2.13. The summed E-state index contributed by atoms with van der Waals surface area (Å²) in [5.41, 5.74) is 3.61. The highest BCUT2D eigenvalue weighted by atomic mass is 16.1. The van der Waals surface area contributed by atoms with Crippen LogP contribution in [0.4, 0.5) is 0 Å². The highest BCUT2D eigenvalue weighted by Gasteiger charge is 2.09. The molecule has 0 radical (unpaired) electrons. The van der Waals surface area contributed by atoms with Crippen LogP contribution < -0.4 is 0 Å². The van der Waals surface area contributed by atoms with Crippen LogP contribution in [0, 0.1) is 6.92 Å². The Morgan fingerprint density at radius 1 is 1.11 bits per heavy atom. The first-order chi connectivity index (χ1) is 9.20. The molecule has 0 bridgehead atoms. The van der Waals surface area contributed by atoms with Gasteiger partial charge in [0, 0.05) is 23.0 Å². The van der Waals surface area contributed by atoms with E-state index in [2.05, 4.69) is 24.0 Å². The minimum atomic E-state index is 0.0625. The van der Waals surface area contributed by atoms with E-state index in [0.29, 0.717) is 5.56 Å². The molecule has 1 heterocycles. The van der Waals surface area contributed by atoms with E-state index in [1.807, 2.05) is 25.1 Å². The van der Waals surface area contributed by atoms with Crippen molar-refractivity contribution in [2.24, 2.45) is 0 Å². The van der Waals surface area contributed by atoms with Crippen LogP contribution in [0.25, 0.3) is 0 Å². The molecule has 0 saturated carbocycles. The lowest BCUT2D eigenvalue weighted by atomic mass is 10.0.